The van der Waals surface area contributed by atoms with E-state index in [-0.39, 0.29) is 22.9 Å². The van der Waals surface area contributed by atoms with Crippen LogP contribution >= 0.6 is 0 Å². The molecule has 11 heteroatoms. The van der Waals surface area contributed by atoms with Gasteiger partial charge in [0.25, 0.3) is 5.69 Å². The van der Waals surface area contributed by atoms with Crippen LogP contribution in [0.2, 0.25) is 0 Å². The molecule has 1 N–H and O–H groups in total. The lowest BCUT2D eigenvalue weighted by Gasteiger charge is -2.28. The second kappa shape index (κ2) is 7.54. The number of nitrogens with one attached hydrogen (secondary N) is 1. The van der Waals surface area contributed by atoms with Crippen LogP contribution in [0.15, 0.2) is 65.9 Å². The largest absolute Gasteiger partial charge is 0.464 e. The van der Waals surface area contributed by atoms with Gasteiger partial charge < -0.3 is 10.1 Å². The fourth-order valence-corrected chi connectivity index (χ4v) is 3.22. The summed E-state index contributed by atoms with van der Waals surface area (Å²) in [6, 6.07) is 13.1. The van der Waals surface area contributed by atoms with Crippen molar-refractivity contribution in [1.82, 2.24) is 20.2 Å². The molecule has 2 aromatic carbocycles. The summed E-state index contributed by atoms with van der Waals surface area (Å²) in [5.74, 6) is -1.08. The first-order valence-electron chi connectivity index (χ1n) is 8.72. The minimum absolute atomic E-state index is 0.0571. The number of ketones is 1. The highest BCUT2D eigenvalue weighted by Gasteiger charge is 2.38. The number of ether oxygens (including phenoxy) is 1. The minimum Gasteiger partial charge on any atom is -0.464 e. The zero-order valence-corrected chi connectivity index (χ0v) is 15.6. The van der Waals surface area contributed by atoms with Gasteiger partial charge in [-0.05, 0) is 28.1 Å². The molecule has 1 unspecified atom stereocenters. The monoisotopic (exact) mass is 406 g/mol. The van der Waals surface area contributed by atoms with Crippen molar-refractivity contribution in [2.24, 2.45) is 0 Å². The number of nitrogens with zero attached hydrogens (tertiary/aromatic N) is 5. The smallest absolute Gasteiger partial charge is 0.355 e. The summed E-state index contributed by atoms with van der Waals surface area (Å²) in [5, 5.41) is 25.2. The molecule has 30 heavy (non-hydrogen) atoms. The van der Waals surface area contributed by atoms with Crippen molar-refractivity contribution in [3.05, 3.63) is 87.1 Å². The third-order valence-corrected chi connectivity index (χ3v) is 4.61. The number of carbonyl (C=O) groups excluding carboxylic acids is 2. The Morgan fingerprint density at radius 1 is 1.13 bits per heavy atom. The zero-order chi connectivity index (χ0) is 21.3. The maximum atomic E-state index is 13.4. The molecule has 0 saturated heterocycles. The van der Waals surface area contributed by atoms with Gasteiger partial charge in [0, 0.05) is 17.7 Å². The number of hydrogen-bond acceptors (Lipinski definition) is 9. The summed E-state index contributed by atoms with van der Waals surface area (Å²) >= 11 is 0. The molecule has 1 aliphatic heterocycles. The molecule has 0 fully saturated rings. The van der Waals surface area contributed by atoms with E-state index >= 15 is 0 Å². The number of esters is 1. The van der Waals surface area contributed by atoms with Crippen LogP contribution in [0.25, 0.3) is 0 Å². The number of benzene rings is 2. The normalized spacial score (nSPS) is 15.2. The number of methoxy groups -OCH3 is 1. The molecule has 0 radical (unpaired) electrons. The highest BCUT2D eigenvalue weighted by molar-refractivity contribution is 6.14. The first kappa shape index (κ1) is 18.9. The molecule has 0 amide bonds. The summed E-state index contributed by atoms with van der Waals surface area (Å²) in [4.78, 5) is 36.4. The first-order chi connectivity index (χ1) is 14.5. The number of allylic oxidation sites excluding steroid dienone is 1. The van der Waals surface area contributed by atoms with Crippen LogP contribution in [0.1, 0.15) is 22.0 Å². The van der Waals surface area contributed by atoms with Gasteiger partial charge in [0.15, 0.2) is 5.78 Å². The van der Waals surface area contributed by atoms with Crippen LogP contribution in [-0.2, 0) is 9.53 Å². The van der Waals surface area contributed by atoms with E-state index in [2.05, 4.69) is 20.8 Å². The number of non-ortho nitro benzene ring substituents is 1. The van der Waals surface area contributed by atoms with Crippen LogP contribution in [-0.4, -0.2) is 44.0 Å². The summed E-state index contributed by atoms with van der Waals surface area (Å²) in [6.45, 7) is 0. The molecule has 0 bridgehead atoms. The fourth-order valence-electron chi connectivity index (χ4n) is 3.22. The Balaban J connectivity index is 1.93. The molecule has 0 spiro atoms. The van der Waals surface area contributed by atoms with E-state index in [0.717, 1.165) is 0 Å². The molecule has 0 aliphatic carbocycles. The summed E-state index contributed by atoms with van der Waals surface area (Å²) in [7, 11) is 1.19. The van der Waals surface area contributed by atoms with E-state index in [9.17, 15) is 19.7 Å². The van der Waals surface area contributed by atoms with Crippen molar-refractivity contribution in [2.75, 3.05) is 12.4 Å². The topological polar surface area (TPSA) is 142 Å². The van der Waals surface area contributed by atoms with Crippen LogP contribution in [0.4, 0.5) is 11.6 Å². The van der Waals surface area contributed by atoms with Gasteiger partial charge in [-0.3, -0.25) is 14.9 Å². The maximum absolute atomic E-state index is 13.4. The molecule has 150 valence electrons. The minimum atomic E-state index is -0.904. The third-order valence-electron chi connectivity index (χ3n) is 4.61. The number of rotatable bonds is 5. The van der Waals surface area contributed by atoms with E-state index < -0.39 is 22.7 Å². The van der Waals surface area contributed by atoms with Crippen LogP contribution < -0.4 is 5.32 Å². The fraction of sp³-hybridized carbons (Fsp3) is 0.105. The second-order valence-corrected chi connectivity index (χ2v) is 6.30. The number of carbonyl (C=O) groups is 2. The summed E-state index contributed by atoms with van der Waals surface area (Å²) in [6.07, 6.45) is 0. The van der Waals surface area contributed by atoms with Crippen molar-refractivity contribution < 1.29 is 19.2 Å². The number of tetrazole rings is 1. The molecule has 0 saturated carbocycles. The number of anilines is 1. The summed E-state index contributed by atoms with van der Waals surface area (Å²) in [5.41, 5.74) is 0.673. The molecular formula is C19H14N6O5. The van der Waals surface area contributed by atoms with Crippen molar-refractivity contribution in [1.29, 1.82) is 0 Å². The van der Waals surface area contributed by atoms with Crippen LogP contribution in [0, 0.1) is 10.1 Å². The highest BCUT2D eigenvalue weighted by Crippen LogP contribution is 2.37. The van der Waals surface area contributed by atoms with Gasteiger partial charge in [-0.2, -0.15) is 4.68 Å². The van der Waals surface area contributed by atoms with Crippen molar-refractivity contribution in [2.45, 2.75) is 6.04 Å². The Bertz CT molecular complexity index is 1170. The molecule has 4 rings (SSSR count). The lowest BCUT2D eigenvalue weighted by atomic mass is 9.89. The molecule has 3 aromatic rings. The number of aromatic nitrogens is 4. The number of nitro groups is 1. The predicted molar refractivity (Wildman–Crippen MR) is 102 cm³/mol. The number of Topliss-reactive ketones (excluding diaryl/α,β-unsaturated/α-hetero) is 1. The Labute approximate surface area is 169 Å². The Hall–Kier alpha value is -4.41. The van der Waals surface area contributed by atoms with Gasteiger partial charge in [0.2, 0.25) is 5.95 Å². The number of nitro benzene ring substituents is 1. The lowest BCUT2D eigenvalue weighted by molar-refractivity contribution is -0.384. The van der Waals surface area contributed by atoms with E-state index in [1.807, 2.05) is 0 Å². The van der Waals surface area contributed by atoms with Gasteiger partial charge in [-0.15, -0.1) is 0 Å². The van der Waals surface area contributed by atoms with Crippen molar-refractivity contribution in [3.8, 4) is 0 Å². The molecule has 1 aliphatic rings. The van der Waals surface area contributed by atoms with Crippen LogP contribution in [0.3, 0.4) is 0 Å². The van der Waals surface area contributed by atoms with Gasteiger partial charge in [-0.1, -0.05) is 35.4 Å². The van der Waals surface area contributed by atoms with Crippen LogP contribution in [0.5, 0.6) is 0 Å². The Morgan fingerprint density at radius 3 is 2.47 bits per heavy atom. The Kier molecular flexibility index (Phi) is 4.76. The maximum Gasteiger partial charge on any atom is 0.355 e. The van der Waals surface area contributed by atoms with Crippen molar-refractivity contribution >= 4 is 23.4 Å². The molecular weight excluding hydrogens is 392 g/mol. The Morgan fingerprint density at radius 2 is 1.83 bits per heavy atom. The molecule has 1 aromatic heterocycles. The average molecular weight is 406 g/mol. The van der Waals surface area contributed by atoms with E-state index in [1.54, 1.807) is 30.3 Å². The van der Waals surface area contributed by atoms with E-state index in [1.165, 1.54) is 36.1 Å². The zero-order valence-electron chi connectivity index (χ0n) is 15.6. The third kappa shape index (κ3) is 3.17. The van der Waals surface area contributed by atoms with Crippen molar-refractivity contribution in [3.63, 3.8) is 0 Å². The predicted octanol–water partition coefficient (Wildman–Crippen LogP) is 1.91. The van der Waals surface area contributed by atoms with E-state index in [0.29, 0.717) is 11.1 Å². The quantitative estimate of drug-likeness (QED) is 0.291. The molecule has 2 heterocycles. The average Bonchev–Trinajstić information content (AvgIpc) is 3.26. The van der Waals surface area contributed by atoms with E-state index in [4.69, 9.17) is 4.74 Å². The molecule has 1 atom stereocenters. The lowest BCUT2D eigenvalue weighted by Crippen LogP contribution is -2.32. The highest BCUT2D eigenvalue weighted by atomic mass is 16.6. The standard InChI is InChI=1S/C19H14N6O5/c1-30-18(27)15-14(17(26)12-5-3-2-4-6-12)16(24-19(20-15)21-22-23-24)11-7-9-13(10-8-11)25(28)29/h2-10,16H,1H3,(H,20,21,23). The first-order valence-corrected chi connectivity index (χ1v) is 8.72. The summed E-state index contributed by atoms with van der Waals surface area (Å²) < 4.78 is 6.19. The van der Waals surface area contributed by atoms with Gasteiger partial charge in [0.05, 0.1) is 17.6 Å². The van der Waals surface area contributed by atoms with Gasteiger partial charge in [-0.25, -0.2) is 4.79 Å². The SMILES string of the molecule is COC(=O)C1=C(C(=O)c2ccccc2)C(c2ccc([N+](=O)[O-])cc2)n2nnnc2N1. The second-order valence-electron chi connectivity index (χ2n) is 6.30. The molecule has 11 nitrogen and oxygen atoms in total. The number of fused-ring (bicyclic) bond motifs is 1. The van der Waals surface area contributed by atoms with Gasteiger partial charge in [0.1, 0.15) is 11.7 Å². The van der Waals surface area contributed by atoms with Gasteiger partial charge >= 0.3 is 5.97 Å². The number of hydrogen-bond donors (Lipinski definition) is 1.